The molecule has 0 bridgehead atoms. The zero-order valence-electron chi connectivity index (χ0n) is 11.7. The number of anilines is 1. The highest BCUT2D eigenvalue weighted by Crippen LogP contribution is 2.60. The molecule has 3 rings (SSSR count). The van der Waals surface area contributed by atoms with E-state index in [4.69, 9.17) is 0 Å². The first kappa shape index (κ1) is 12.0. The van der Waals surface area contributed by atoms with Gasteiger partial charge in [-0.05, 0) is 47.8 Å². The van der Waals surface area contributed by atoms with Gasteiger partial charge in [-0.2, -0.15) is 0 Å². The molecule has 2 unspecified atom stereocenters. The third-order valence-electron chi connectivity index (χ3n) is 4.64. The monoisotopic (exact) mass is 247 g/mol. The van der Waals surface area contributed by atoms with Crippen molar-refractivity contribution in [1.29, 1.82) is 0 Å². The molecule has 0 radical (unpaired) electrons. The quantitative estimate of drug-likeness (QED) is 0.728. The lowest BCUT2D eigenvalue weighted by Crippen LogP contribution is -2.28. The molecule has 1 aliphatic carbocycles. The molecule has 1 saturated carbocycles. The highest BCUT2D eigenvalue weighted by Gasteiger charge is 2.59. The van der Waals surface area contributed by atoms with Gasteiger partial charge in [0.2, 0.25) is 0 Å². The number of rotatable bonds is 1. The van der Waals surface area contributed by atoms with E-state index in [2.05, 4.69) is 25.7 Å². The number of aryl methyl sites for hydroxylation is 1. The van der Waals surface area contributed by atoms with Gasteiger partial charge < -0.3 is 4.90 Å². The summed E-state index contributed by atoms with van der Waals surface area (Å²) in [5.41, 5.74) is 2.20. The molecular formula is C16H22FN. The van der Waals surface area contributed by atoms with Gasteiger partial charge in [-0.3, -0.25) is 0 Å². The van der Waals surface area contributed by atoms with E-state index in [1.165, 1.54) is 0 Å². The van der Waals surface area contributed by atoms with Gasteiger partial charge in [0.05, 0.1) is 5.69 Å². The summed E-state index contributed by atoms with van der Waals surface area (Å²) in [5, 5.41) is 0. The largest absolute Gasteiger partial charge is 0.369 e. The fraction of sp³-hybridized carbons (Fsp3) is 0.625. The maximum Gasteiger partial charge on any atom is 0.146 e. The molecule has 0 N–H and O–H groups in total. The van der Waals surface area contributed by atoms with Gasteiger partial charge in [0.15, 0.2) is 0 Å². The molecule has 1 heterocycles. The minimum Gasteiger partial charge on any atom is -0.369 e. The topological polar surface area (TPSA) is 3.24 Å². The fourth-order valence-corrected chi connectivity index (χ4v) is 3.88. The minimum atomic E-state index is -0.0661. The van der Waals surface area contributed by atoms with Crippen LogP contribution in [0, 0.1) is 35.9 Å². The van der Waals surface area contributed by atoms with E-state index in [-0.39, 0.29) is 5.82 Å². The lowest BCUT2D eigenvalue weighted by atomic mass is 9.87. The van der Waals surface area contributed by atoms with E-state index in [1.807, 2.05) is 19.1 Å². The Labute approximate surface area is 109 Å². The Morgan fingerprint density at radius 2 is 1.78 bits per heavy atom. The van der Waals surface area contributed by atoms with Crippen molar-refractivity contribution in [3.8, 4) is 0 Å². The minimum absolute atomic E-state index is 0.0661. The Morgan fingerprint density at radius 1 is 1.17 bits per heavy atom. The highest BCUT2D eigenvalue weighted by atomic mass is 19.1. The molecule has 1 nitrogen and oxygen atoms in total. The summed E-state index contributed by atoms with van der Waals surface area (Å²) in [6, 6.07) is 5.58. The van der Waals surface area contributed by atoms with Crippen molar-refractivity contribution in [2.24, 2.45) is 23.2 Å². The predicted molar refractivity (Wildman–Crippen MR) is 73.3 cm³/mol. The van der Waals surface area contributed by atoms with E-state index in [0.717, 1.165) is 42.1 Å². The molecule has 1 aliphatic heterocycles. The van der Waals surface area contributed by atoms with Gasteiger partial charge in [-0.25, -0.2) is 4.39 Å². The number of hydrogen-bond donors (Lipinski definition) is 0. The van der Waals surface area contributed by atoms with E-state index < -0.39 is 0 Å². The first-order chi connectivity index (χ1) is 8.38. The zero-order chi connectivity index (χ0) is 13.1. The van der Waals surface area contributed by atoms with Crippen LogP contribution in [0.5, 0.6) is 0 Å². The lowest BCUT2D eigenvalue weighted by molar-refractivity contribution is 0.309. The summed E-state index contributed by atoms with van der Waals surface area (Å²) in [7, 11) is 0. The van der Waals surface area contributed by atoms with Crippen molar-refractivity contribution in [2.75, 3.05) is 18.0 Å². The first-order valence-electron chi connectivity index (χ1n) is 6.89. The Morgan fingerprint density at radius 3 is 2.28 bits per heavy atom. The molecule has 0 amide bonds. The van der Waals surface area contributed by atoms with Crippen LogP contribution >= 0.6 is 0 Å². The zero-order valence-corrected chi connectivity index (χ0v) is 11.7. The van der Waals surface area contributed by atoms with Crippen molar-refractivity contribution >= 4 is 5.69 Å². The fourth-order valence-electron chi connectivity index (χ4n) is 3.88. The van der Waals surface area contributed by atoms with Crippen LogP contribution in [0.4, 0.5) is 10.1 Å². The molecule has 18 heavy (non-hydrogen) atoms. The van der Waals surface area contributed by atoms with Crippen LogP contribution in [-0.2, 0) is 0 Å². The summed E-state index contributed by atoms with van der Waals surface area (Å²) < 4.78 is 13.9. The van der Waals surface area contributed by atoms with Gasteiger partial charge in [0, 0.05) is 13.1 Å². The number of nitrogens with zero attached hydrogens (tertiary/aromatic N) is 1. The summed E-state index contributed by atoms with van der Waals surface area (Å²) in [6.45, 7) is 11.0. The van der Waals surface area contributed by atoms with Gasteiger partial charge in [-0.1, -0.05) is 26.8 Å². The van der Waals surface area contributed by atoms with Crippen LogP contribution < -0.4 is 4.90 Å². The number of benzene rings is 1. The smallest absolute Gasteiger partial charge is 0.146 e. The Hall–Kier alpha value is -1.05. The van der Waals surface area contributed by atoms with Crippen molar-refractivity contribution in [2.45, 2.75) is 27.7 Å². The van der Waals surface area contributed by atoms with Gasteiger partial charge in [0.1, 0.15) is 5.82 Å². The Kier molecular flexibility index (Phi) is 2.48. The average Bonchev–Trinajstić information content (AvgIpc) is 2.77. The van der Waals surface area contributed by atoms with Crippen LogP contribution in [0.1, 0.15) is 26.3 Å². The maximum absolute atomic E-state index is 13.9. The molecule has 2 aliphatic rings. The molecule has 2 atom stereocenters. The normalized spacial score (nSPS) is 30.5. The second-order valence-electron chi connectivity index (χ2n) is 7.08. The molecule has 2 heteroatoms. The number of piperidine rings is 1. The first-order valence-corrected chi connectivity index (χ1v) is 6.89. The summed E-state index contributed by atoms with van der Waals surface area (Å²) in [4.78, 5) is 2.23. The average molecular weight is 247 g/mol. The van der Waals surface area contributed by atoms with E-state index in [0.29, 0.717) is 5.41 Å². The van der Waals surface area contributed by atoms with E-state index >= 15 is 0 Å². The molecular weight excluding hydrogens is 225 g/mol. The van der Waals surface area contributed by atoms with Crippen LogP contribution in [-0.4, -0.2) is 13.1 Å². The van der Waals surface area contributed by atoms with Gasteiger partial charge in [0.25, 0.3) is 0 Å². The molecule has 0 aromatic heterocycles. The highest BCUT2D eigenvalue weighted by molar-refractivity contribution is 5.51. The van der Waals surface area contributed by atoms with E-state index in [9.17, 15) is 4.39 Å². The standard InChI is InChI=1S/C16H22FN/c1-10-5-6-14(13(17)7-10)18-8-11-12(9-18)15(11)16(2,3)4/h5-7,11-12,15H,8-9H2,1-4H3. The van der Waals surface area contributed by atoms with E-state index in [1.54, 1.807) is 6.07 Å². The maximum atomic E-state index is 13.9. The van der Waals surface area contributed by atoms with Crippen LogP contribution in [0.25, 0.3) is 0 Å². The van der Waals surface area contributed by atoms with Crippen molar-refractivity contribution < 1.29 is 4.39 Å². The number of halogens is 1. The third-order valence-corrected chi connectivity index (χ3v) is 4.64. The summed E-state index contributed by atoms with van der Waals surface area (Å²) in [6.07, 6.45) is 0. The molecule has 1 aromatic carbocycles. The van der Waals surface area contributed by atoms with Crippen molar-refractivity contribution in [1.82, 2.24) is 0 Å². The summed E-state index contributed by atoms with van der Waals surface area (Å²) in [5.74, 6) is 2.34. The SMILES string of the molecule is Cc1ccc(N2CC3C(C2)C3C(C)(C)C)c(F)c1. The number of hydrogen-bond acceptors (Lipinski definition) is 1. The summed E-state index contributed by atoms with van der Waals surface area (Å²) >= 11 is 0. The van der Waals surface area contributed by atoms with Crippen molar-refractivity contribution in [3.63, 3.8) is 0 Å². The third kappa shape index (κ3) is 1.82. The number of fused-ring (bicyclic) bond motifs is 1. The van der Waals surface area contributed by atoms with Crippen LogP contribution in [0.3, 0.4) is 0 Å². The molecule has 1 aromatic rings. The van der Waals surface area contributed by atoms with Gasteiger partial charge >= 0.3 is 0 Å². The lowest BCUT2D eigenvalue weighted by Gasteiger charge is -2.27. The molecule has 1 saturated heterocycles. The second-order valence-corrected chi connectivity index (χ2v) is 7.08. The predicted octanol–water partition coefficient (Wildman–Crippen LogP) is 3.86. The molecule has 0 spiro atoms. The van der Waals surface area contributed by atoms with Gasteiger partial charge in [-0.15, -0.1) is 0 Å². The Balaban J connectivity index is 1.73. The molecule has 2 fully saturated rings. The second kappa shape index (κ2) is 3.72. The Bertz CT molecular complexity index is 462. The van der Waals surface area contributed by atoms with Crippen LogP contribution in [0.2, 0.25) is 0 Å². The van der Waals surface area contributed by atoms with Crippen LogP contribution in [0.15, 0.2) is 18.2 Å². The van der Waals surface area contributed by atoms with Crippen molar-refractivity contribution in [3.05, 3.63) is 29.6 Å². The molecule has 98 valence electrons.